The third-order valence-corrected chi connectivity index (χ3v) is 17.6. The summed E-state index contributed by atoms with van der Waals surface area (Å²) in [6.07, 6.45) is 6.52. The van der Waals surface area contributed by atoms with E-state index in [1.165, 1.54) is 74.2 Å². The van der Waals surface area contributed by atoms with Crippen molar-refractivity contribution in [2.24, 2.45) is 0 Å². The predicted molar refractivity (Wildman–Crippen MR) is 387 cm³/mol. The zero-order valence-corrected chi connectivity index (χ0v) is 60.0. The molecule has 514 valence electrons. The van der Waals surface area contributed by atoms with E-state index >= 15 is 0 Å². The van der Waals surface area contributed by atoms with Gasteiger partial charge in [0.2, 0.25) is 0 Å². The third kappa shape index (κ3) is 22.0. The highest BCUT2D eigenvalue weighted by Gasteiger charge is 2.20. The fourth-order valence-corrected chi connectivity index (χ4v) is 11.5. The second-order valence-electron chi connectivity index (χ2n) is 27.4. The first-order chi connectivity index (χ1) is 45.8. The van der Waals surface area contributed by atoms with E-state index in [0.29, 0.717) is 74.8 Å². The molecule has 0 aliphatic carbocycles. The van der Waals surface area contributed by atoms with Crippen LogP contribution in [-0.2, 0) is 35.3 Å². The standard InChI is InChI=1S/C14H21NO.2C12H16O2.C12H16O.2C11H14O2.C11H14O/c1-4-7-15-8-9-16-14-6-5-12(11(2)3)10-13(14)15;1-9(2)10-4-5-11-12(8-10)14-7-3-6-13-11;1-9(2)10-3-4-12-11(7-10)5-6-13-8-14-12;1-9(2)10-5-6-12-11(8-10)4-3-7-13-12;1-8(2)9-3-4-11-10(5-9)6-12-7-13-11;1-8(2)9-3-4-10-11(7-9)13-6-5-12-10;1-8(2)9-3-4-11-10(7-9)5-6-12-11/h5-6,10-11H,4,7-9H2,1-3H3;4-5,8-9H,3,6-7H2,1-2H3;3-4,7,9H,5-6,8H2,1-2H3;5-6,8-9H,3-4,7H2,1-2H3;3-5,8H,6-7H2,1-2H3;3-4,7-8H,5-6H2,1-2H3;3-4,7-8H,5-6H2,1-2H3. The monoisotopic (exact) mass is 1300 g/mol. The van der Waals surface area contributed by atoms with E-state index in [4.69, 9.17) is 52.1 Å². The lowest BCUT2D eigenvalue weighted by atomic mass is 9.97. The van der Waals surface area contributed by atoms with E-state index in [1.807, 2.05) is 18.2 Å². The summed E-state index contributed by atoms with van der Waals surface area (Å²) in [6.45, 7) is 42.8. The van der Waals surface area contributed by atoms with Crippen molar-refractivity contribution >= 4 is 5.69 Å². The Balaban J connectivity index is 0.000000142. The molecule has 95 heavy (non-hydrogen) atoms. The largest absolute Gasteiger partial charge is 0.493 e. The van der Waals surface area contributed by atoms with Gasteiger partial charge in [0.1, 0.15) is 48.6 Å². The van der Waals surface area contributed by atoms with E-state index in [9.17, 15) is 0 Å². The van der Waals surface area contributed by atoms with Crippen molar-refractivity contribution in [1.82, 2.24) is 0 Å². The van der Waals surface area contributed by atoms with Crippen molar-refractivity contribution < 1.29 is 52.1 Å². The van der Waals surface area contributed by atoms with Crippen molar-refractivity contribution in [3.8, 4) is 51.7 Å². The predicted octanol–water partition coefficient (Wildman–Crippen LogP) is 20.2. The Bertz CT molecular complexity index is 3260. The van der Waals surface area contributed by atoms with Gasteiger partial charge >= 0.3 is 0 Å². The van der Waals surface area contributed by atoms with Gasteiger partial charge in [-0.25, -0.2) is 0 Å². The number of nitrogens with zero attached hydrogens (tertiary/aromatic N) is 1. The lowest BCUT2D eigenvalue weighted by Crippen LogP contribution is -2.33. The molecule has 7 heterocycles. The molecule has 12 heteroatoms. The molecule has 0 unspecified atom stereocenters. The van der Waals surface area contributed by atoms with Crippen molar-refractivity contribution in [3.63, 3.8) is 0 Å². The van der Waals surface area contributed by atoms with Crippen LogP contribution in [0.25, 0.3) is 0 Å². The summed E-state index contributed by atoms with van der Waals surface area (Å²) >= 11 is 0. The second kappa shape index (κ2) is 37.1. The van der Waals surface area contributed by atoms with Gasteiger partial charge in [0, 0.05) is 24.9 Å². The number of aryl methyl sites for hydroxylation is 1. The van der Waals surface area contributed by atoms with Crippen molar-refractivity contribution in [3.05, 3.63) is 189 Å². The molecular formula is C83H111NO11. The number of benzene rings is 7. The normalized spacial score (nSPS) is 15.2. The van der Waals surface area contributed by atoms with Gasteiger partial charge in [0.05, 0.1) is 51.9 Å². The molecule has 0 radical (unpaired) electrons. The van der Waals surface area contributed by atoms with Crippen LogP contribution in [0.1, 0.15) is 226 Å². The Hall–Kier alpha value is -7.54. The summed E-state index contributed by atoms with van der Waals surface area (Å²) in [7, 11) is 0. The summed E-state index contributed by atoms with van der Waals surface area (Å²) in [5, 5.41) is 0. The molecule has 0 N–H and O–H groups in total. The molecule has 0 saturated heterocycles. The Morgan fingerprint density at radius 1 is 0.295 bits per heavy atom. The van der Waals surface area contributed by atoms with Gasteiger partial charge in [-0.1, -0.05) is 165 Å². The van der Waals surface area contributed by atoms with Crippen LogP contribution in [0.2, 0.25) is 0 Å². The number of fused-ring (bicyclic) bond motifs is 7. The topological polar surface area (TPSA) is 105 Å². The van der Waals surface area contributed by atoms with E-state index in [1.54, 1.807) is 0 Å². The molecule has 7 aliphatic heterocycles. The smallest absolute Gasteiger partial charge is 0.189 e. The van der Waals surface area contributed by atoms with Crippen molar-refractivity contribution in [2.75, 3.05) is 84.4 Å². The number of hydrogen-bond acceptors (Lipinski definition) is 12. The highest BCUT2D eigenvalue weighted by atomic mass is 16.7. The van der Waals surface area contributed by atoms with Gasteiger partial charge in [0.25, 0.3) is 0 Å². The molecular weight excluding hydrogens is 1190 g/mol. The van der Waals surface area contributed by atoms with Crippen LogP contribution in [0.5, 0.6) is 51.7 Å². The van der Waals surface area contributed by atoms with Crippen LogP contribution in [0.3, 0.4) is 0 Å². The van der Waals surface area contributed by atoms with Crippen LogP contribution < -0.4 is 47.5 Å². The van der Waals surface area contributed by atoms with Crippen LogP contribution in [0, 0.1) is 0 Å². The maximum Gasteiger partial charge on any atom is 0.189 e. The minimum Gasteiger partial charge on any atom is -0.493 e. The summed E-state index contributed by atoms with van der Waals surface area (Å²) in [5.41, 5.74) is 16.0. The van der Waals surface area contributed by atoms with Gasteiger partial charge in [0.15, 0.2) is 36.6 Å². The fourth-order valence-electron chi connectivity index (χ4n) is 11.5. The maximum absolute atomic E-state index is 5.69. The highest BCUT2D eigenvalue weighted by Crippen LogP contribution is 2.37. The molecule has 7 aliphatic rings. The molecule has 7 aromatic rings. The summed E-state index contributed by atoms with van der Waals surface area (Å²) in [5.74, 6) is 12.7. The Kier molecular flexibility index (Phi) is 28.6. The molecule has 14 rings (SSSR count). The zero-order chi connectivity index (χ0) is 67.8. The van der Waals surface area contributed by atoms with Crippen LogP contribution in [-0.4, -0.2) is 79.5 Å². The van der Waals surface area contributed by atoms with E-state index < -0.39 is 0 Å². The average molecular weight is 1300 g/mol. The van der Waals surface area contributed by atoms with Crippen molar-refractivity contribution in [1.29, 1.82) is 0 Å². The molecule has 7 aromatic carbocycles. The summed E-state index contributed by atoms with van der Waals surface area (Å²) < 4.78 is 60.0. The molecule has 0 spiro atoms. The first-order valence-corrected chi connectivity index (χ1v) is 35.3. The molecule has 0 saturated carbocycles. The summed E-state index contributed by atoms with van der Waals surface area (Å²) in [6, 6.07) is 44.8. The van der Waals surface area contributed by atoms with Crippen LogP contribution in [0.4, 0.5) is 5.69 Å². The third-order valence-electron chi connectivity index (χ3n) is 17.6. The van der Waals surface area contributed by atoms with Gasteiger partial charge < -0.3 is 57.0 Å². The summed E-state index contributed by atoms with van der Waals surface area (Å²) in [4.78, 5) is 2.44. The number of anilines is 1. The molecule has 0 amide bonds. The quantitative estimate of drug-likeness (QED) is 0.137. The first-order valence-electron chi connectivity index (χ1n) is 35.3. The Morgan fingerprint density at radius 2 is 0.642 bits per heavy atom. The van der Waals surface area contributed by atoms with Gasteiger partial charge in [-0.05, 0) is 189 Å². The lowest BCUT2D eigenvalue weighted by molar-refractivity contribution is -0.0164. The van der Waals surface area contributed by atoms with Gasteiger partial charge in [-0.3, -0.25) is 0 Å². The number of rotatable bonds is 9. The minimum absolute atomic E-state index is 0.383. The van der Waals surface area contributed by atoms with Gasteiger partial charge in [-0.15, -0.1) is 0 Å². The zero-order valence-electron chi connectivity index (χ0n) is 60.0. The van der Waals surface area contributed by atoms with E-state index in [2.05, 4.69) is 218 Å². The Morgan fingerprint density at radius 3 is 1.15 bits per heavy atom. The Labute approximate surface area is 570 Å². The van der Waals surface area contributed by atoms with Crippen LogP contribution >= 0.6 is 0 Å². The minimum atomic E-state index is 0.383. The first kappa shape index (κ1) is 73.3. The lowest BCUT2D eigenvalue weighted by Gasteiger charge is -2.31. The second-order valence-corrected chi connectivity index (χ2v) is 27.4. The molecule has 0 fully saturated rings. The molecule has 0 aromatic heterocycles. The number of ether oxygens (including phenoxy) is 11. The molecule has 0 bridgehead atoms. The fraction of sp³-hybridized carbons (Fsp3) is 0.494. The maximum atomic E-state index is 5.69. The van der Waals surface area contributed by atoms with E-state index in [-0.39, 0.29) is 0 Å². The molecule has 12 nitrogen and oxygen atoms in total. The average Bonchev–Trinajstić information content (AvgIpc) is 1.83. The van der Waals surface area contributed by atoms with Crippen molar-refractivity contribution in [2.45, 2.75) is 190 Å². The van der Waals surface area contributed by atoms with Crippen LogP contribution in [0.15, 0.2) is 127 Å². The SMILES string of the molecule is CC(C)c1ccc2c(c1)CCCO2.CC(C)c1ccc2c(c1)CCO2.CC(C)c1ccc2c(c1)CCOCO2.CC(C)c1ccc2c(c1)COCO2.CC(C)c1ccc2c(c1)OCCCO2.CC(C)c1ccc2c(c1)OCCO2.CCCN1CCOc2ccc(C(C)C)cc21. The number of hydrogen-bond donors (Lipinski definition) is 0. The molecule has 0 atom stereocenters. The highest BCUT2D eigenvalue weighted by molar-refractivity contribution is 5.62. The van der Waals surface area contributed by atoms with E-state index in [0.717, 1.165) is 136 Å². The van der Waals surface area contributed by atoms with Gasteiger partial charge in [-0.2, -0.15) is 0 Å².